The minimum atomic E-state index is -5.92. The van der Waals surface area contributed by atoms with E-state index in [0.717, 1.165) is 11.1 Å². The lowest BCUT2D eigenvalue weighted by Gasteiger charge is -2.26. The van der Waals surface area contributed by atoms with Crippen LogP contribution in [0.25, 0.3) is 33.6 Å². The fraction of sp³-hybridized carbons (Fsp3) is 0.222. The Kier molecular flexibility index (Phi) is 6.86. The lowest BCUT2D eigenvalue weighted by Crippen LogP contribution is -2.39. The smallest absolute Gasteiger partial charge is 0.201 e. The fourth-order valence-electron chi connectivity index (χ4n) is 7.21. The number of halogens is 9. The van der Waals surface area contributed by atoms with Crippen LogP contribution in [0.2, 0.25) is 0 Å². The zero-order chi connectivity index (χ0) is 33.6. The first kappa shape index (κ1) is 31.0. The molecule has 1 aliphatic carbocycles. The number of nitrogens with zero attached hydrogens (tertiary/aromatic N) is 2. The molecule has 11 heteroatoms. The van der Waals surface area contributed by atoms with Crippen LogP contribution in [-0.4, -0.2) is 0 Å². The SMILES string of the molecule is Cc1ccc2[n+](c1)C1C(c3ccccc3-c3cc(-c4ccccc4)cc[n+]3C)C1c1c-2cc(C(F)(F)F)c(C(F)(F)F)c1C(F)(F)F. The van der Waals surface area contributed by atoms with Crippen molar-refractivity contribution in [2.45, 2.75) is 43.3 Å². The number of benzene rings is 3. The Balaban J connectivity index is 1.50. The molecule has 1 fully saturated rings. The first-order valence-corrected chi connectivity index (χ1v) is 14.7. The minimum absolute atomic E-state index is 0.00631. The molecule has 0 bridgehead atoms. The number of aryl methyl sites for hydroxylation is 2. The predicted octanol–water partition coefficient (Wildman–Crippen LogP) is 9.60. The number of rotatable bonds is 3. The Labute approximate surface area is 263 Å². The lowest BCUT2D eigenvalue weighted by molar-refractivity contribution is -0.693. The van der Waals surface area contributed by atoms with Crippen molar-refractivity contribution in [3.05, 3.63) is 131 Å². The molecule has 3 unspecified atom stereocenters. The van der Waals surface area contributed by atoms with Crippen molar-refractivity contribution >= 4 is 0 Å². The Bertz CT molecular complexity index is 2040. The van der Waals surface area contributed by atoms with Crippen LogP contribution >= 0.6 is 0 Å². The molecule has 2 aliphatic rings. The Morgan fingerprint density at radius 1 is 0.596 bits per heavy atom. The van der Waals surface area contributed by atoms with Gasteiger partial charge in [0.05, 0.1) is 34.1 Å². The van der Waals surface area contributed by atoms with E-state index in [1.807, 2.05) is 53.2 Å². The van der Waals surface area contributed by atoms with Gasteiger partial charge >= 0.3 is 18.5 Å². The molecule has 5 aromatic rings. The highest BCUT2D eigenvalue weighted by Gasteiger charge is 2.67. The number of aromatic nitrogens is 2. The highest BCUT2D eigenvalue weighted by Crippen LogP contribution is 2.68. The lowest BCUT2D eigenvalue weighted by atomic mass is 9.84. The summed E-state index contributed by atoms with van der Waals surface area (Å²) in [6, 6.07) is 22.7. The number of hydrogen-bond acceptors (Lipinski definition) is 0. The molecular weight excluding hydrogens is 631 g/mol. The van der Waals surface area contributed by atoms with Gasteiger partial charge in [-0.3, -0.25) is 0 Å². The zero-order valence-electron chi connectivity index (χ0n) is 24.8. The molecule has 0 spiro atoms. The Morgan fingerprint density at radius 3 is 1.91 bits per heavy atom. The first-order valence-electron chi connectivity index (χ1n) is 14.7. The fourth-order valence-corrected chi connectivity index (χ4v) is 7.21. The summed E-state index contributed by atoms with van der Waals surface area (Å²) in [5.74, 6) is -1.94. The van der Waals surface area contributed by atoms with Gasteiger partial charge in [0.2, 0.25) is 11.4 Å². The van der Waals surface area contributed by atoms with E-state index < -0.39 is 64.2 Å². The number of alkyl halides is 9. The van der Waals surface area contributed by atoms with Gasteiger partial charge in [-0.15, -0.1) is 0 Å². The van der Waals surface area contributed by atoms with Crippen LogP contribution in [0.1, 0.15) is 51.3 Å². The van der Waals surface area contributed by atoms with Crippen molar-refractivity contribution in [2.24, 2.45) is 7.05 Å². The summed E-state index contributed by atoms with van der Waals surface area (Å²) in [6.45, 7) is 1.73. The molecule has 3 atom stereocenters. The molecule has 0 amide bonds. The van der Waals surface area contributed by atoms with E-state index in [9.17, 15) is 39.5 Å². The van der Waals surface area contributed by atoms with Gasteiger partial charge in [-0.05, 0) is 47.4 Å². The number of hydrogen-bond donors (Lipinski definition) is 0. The summed E-state index contributed by atoms with van der Waals surface area (Å²) < 4.78 is 133. The van der Waals surface area contributed by atoms with Gasteiger partial charge in [0, 0.05) is 29.3 Å². The van der Waals surface area contributed by atoms with Gasteiger partial charge in [0.15, 0.2) is 18.4 Å². The standard InChI is InChI=1S/C36H25F9N2/c1-19-12-13-26-24-17-25(34(37,38)39)31(35(40,41)42)32(36(43,44)45)28(24)30-29(33(30)47(26)18-19)23-11-7-6-10-22(23)27-16-21(14-15-46(27)2)20-8-4-3-5-9-20/h3-18,29-30,33H,1-2H3/q+2. The summed E-state index contributed by atoms with van der Waals surface area (Å²) in [7, 11) is 1.81. The van der Waals surface area contributed by atoms with Crippen LogP contribution in [0.3, 0.4) is 0 Å². The molecule has 1 aliphatic heterocycles. The average molecular weight is 657 g/mol. The second-order valence-electron chi connectivity index (χ2n) is 12.0. The van der Waals surface area contributed by atoms with Gasteiger partial charge in [0.1, 0.15) is 7.05 Å². The van der Waals surface area contributed by atoms with Crippen molar-refractivity contribution in [3.63, 3.8) is 0 Å². The molecule has 0 radical (unpaired) electrons. The van der Waals surface area contributed by atoms with E-state index in [4.69, 9.17) is 0 Å². The van der Waals surface area contributed by atoms with E-state index in [0.29, 0.717) is 22.4 Å². The van der Waals surface area contributed by atoms with Crippen LogP contribution in [0.5, 0.6) is 0 Å². The van der Waals surface area contributed by atoms with Crippen molar-refractivity contribution < 1.29 is 48.6 Å². The van der Waals surface area contributed by atoms with Gasteiger partial charge in [0.25, 0.3) is 0 Å². The van der Waals surface area contributed by atoms with E-state index in [2.05, 4.69) is 0 Å². The number of pyridine rings is 2. The topological polar surface area (TPSA) is 7.76 Å². The average Bonchev–Trinajstić information content (AvgIpc) is 3.75. The minimum Gasteiger partial charge on any atom is -0.201 e. The highest BCUT2D eigenvalue weighted by molar-refractivity contribution is 5.75. The van der Waals surface area contributed by atoms with E-state index in [-0.39, 0.29) is 11.8 Å². The van der Waals surface area contributed by atoms with Crippen molar-refractivity contribution in [3.8, 4) is 33.6 Å². The molecule has 7 rings (SSSR count). The Morgan fingerprint density at radius 2 is 1.26 bits per heavy atom. The van der Waals surface area contributed by atoms with Gasteiger partial charge in [-0.2, -0.15) is 44.1 Å². The number of fused-ring (bicyclic) bond motifs is 6. The molecule has 3 heterocycles. The van der Waals surface area contributed by atoms with Crippen molar-refractivity contribution in [1.29, 1.82) is 0 Å². The third-order valence-electron chi connectivity index (χ3n) is 9.13. The van der Waals surface area contributed by atoms with Gasteiger partial charge in [-0.1, -0.05) is 48.5 Å². The maximum atomic E-state index is 14.8. The summed E-state index contributed by atoms with van der Waals surface area (Å²) >= 11 is 0. The summed E-state index contributed by atoms with van der Waals surface area (Å²) in [6.07, 6.45) is -13.9. The second-order valence-corrected chi connectivity index (χ2v) is 12.0. The maximum Gasteiger partial charge on any atom is 0.417 e. The van der Waals surface area contributed by atoms with E-state index >= 15 is 0 Å². The molecule has 47 heavy (non-hydrogen) atoms. The Hall–Kier alpha value is -4.67. The monoisotopic (exact) mass is 656 g/mol. The summed E-state index contributed by atoms with van der Waals surface area (Å²) in [5, 5.41) is 0. The predicted molar refractivity (Wildman–Crippen MR) is 155 cm³/mol. The van der Waals surface area contributed by atoms with E-state index in [1.165, 1.54) is 12.1 Å². The third kappa shape index (κ3) is 5.07. The summed E-state index contributed by atoms with van der Waals surface area (Å²) in [4.78, 5) is 0. The molecule has 0 N–H and O–H groups in total. The van der Waals surface area contributed by atoms with Crippen molar-refractivity contribution in [2.75, 3.05) is 0 Å². The zero-order valence-corrected chi connectivity index (χ0v) is 24.8. The van der Waals surface area contributed by atoms with Crippen molar-refractivity contribution in [1.82, 2.24) is 0 Å². The third-order valence-corrected chi connectivity index (χ3v) is 9.13. The molecule has 3 aromatic carbocycles. The van der Waals surface area contributed by atoms with E-state index in [1.54, 1.807) is 49.0 Å². The normalized spacial score (nSPS) is 18.7. The van der Waals surface area contributed by atoms with Crippen LogP contribution in [0, 0.1) is 6.92 Å². The summed E-state index contributed by atoms with van der Waals surface area (Å²) in [5.41, 5.74) is -4.16. The van der Waals surface area contributed by atoms with Crippen LogP contribution in [-0.2, 0) is 25.6 Å². The van der Waals surface area contributed by atoms with Crippen LogP contribution in [0.15, 0.2) is 97.3 Å². The molecular formula is C36H25F9N2+2. The van der Waals surface area contributed by atoms with Crippen LogP contribution < -0.4 is 9.13 Å². The quantitative estimate of drug-likeness (QED) is 0.135. The highest BCUT2D eigenvalue weighted by atomic mass is 19.4. The van der Waals surface area contributed by atoms with Gasteiger partial charge < -0.3 is 0 Å². The molecule has 0 saturated heterocycles. The molecule has 240 valence electrons. The molecule has 1 saturated carbocycles. The second kappa shape index (κ2) is 10.4. The van der Waals surface area contributed by atoms with Gasteiger partial charge in [-0.25, -0.2) is 4.57 Å². The molecule has 2 nitrogen and oxygen atoms in total. The molecule has 2 aromatic heterocycles. The van der Waals surface area contributed by atoms with Crippen LogP contribution in [0.4, 0.5) is 39.5 Å². The largest absolute Gasteiger partial charge is 0.417 e. The maximum absolute atomic E-state index is 14.8. The first-order chi connectivity index (χ1) is 22.1.